The summed E-state index contributed by atoms with van der Waals surface area (Å²) in [6, 6.07) is 21.3. The van der Waals surface area contributed by atoms with Crippen LogP contribution in [0.15, 0.2) is 89.8 Å². The van der Waals surface area contributed by atoms with Gasteiger partial charge in [0.15, 0.2) is 0 Å². The van der Waals surface area contributed by atoms with Crippen molar-refractivity contribution in [2.24, 2.45) is 0 Å². The quantitative estimate of drug-likeness (QED) is 0.368. The maximum absolute atomic E-state index is 14.0. The van der Waals surface area contributed by atoms with Crippen molar-refractivity contribution in [3.05, 3.63) is 96.3 Å². The second-order valence-electron chi connectivity index (χ2n) is 9.72. The number of amides is 2. The molecule has 1 fully saturated rings. The molecule has 0 saturated heterocycles. The van der Waals surface area contributed by atoms with Crippen molar-refractivity contribution in [2.45, 2.75) is 62.6 Å². The highest BCUT2D eigenvalue weighted by Gasteiger charge is 2.34. The monoisotopic (exact) mass is 551 g/mol. The van der Waals surface area contributed by atoms with Gasteiger partial charge < -0.3 is 10.2 Å². The molecule has 3 aromatic rings. The summed E-state index contributed by atoms with van der Waals surface area (Å²) in [5.74, 6) is -1.30. The van der Waals surface area contributed by atoms with Gasteiger partial charge >= 0.3 is 0 Å². The lowest BCUT2D eigenvalue weighted by atomic mass is 10.1. The van der Waals surface area contributed by atoms with Gasteiger partial charge in [0.25, 0.3) is 10.0 Å². The molecule has 3 aromatic carbocycles. The number of carbonyl (C=O) groups excluding carboxylic acids is 2. The van der Waals surface area contributed by atoms with Gasteiger partial charge in [-0.25, -0.2) is 12.8 Å². The lowest BCUT2D eigenvalue weighted by molar-refractivity contribution is -0.140. The third-order valence-electron chi connectivity index (χ3n) is 7.01. The highest BCUT2D eigenvalue weighted by molar-refractivity contribution is 7.92. The molecular weight excluding hydrogens is 517 g/mol. The largest absolute Gasteiger partial charge is 0.352 e. The number of benzene rings is 3. The van der Waals surface area contributed by atoms with Crippen LogP contribution in [0.1, 0.15) is 44.6 Å². The van der Waals surface area contributed by atoms with Gasteiger partial charge in [-0.05, 0) is 61.2 Å². The Morgan fingerprint density at radius 1 is 0.923 bits per heavy atom. The van der Waals surface area contributed by atoms with Crippen LogP contribution in [0.25, 0.3) is 0 Å². The molecule has 1 atom stereocenters. The van der Waals surface area contributed by atoms with Gasteiger partial charge in [-0.2, -0.15) is 0 Å². The molecule has 1 aliphatic carbocycles. The predicted octanol–water partition coefficient (Wildman–Crippen LogP) is 4.89. The van der Waals surface area contributed by atoms with E-state index >= 15 is 0 Å². The lowest BCUT2D eigenvalue weighted by Crippen LogP contribution is -2.53. The fourth-order valence-electron chi connectivity index (χ4n) is 4.92. The summed E-state index contributed by atoms with van der Waals surface area (Å²) in [4.78, 5) is 28.8. The number of halogens is 1. The van der Waals surface area contributed by atoms with Crippen LogP contribution in [0.2, 0.25) is 0 Å². The number of nitrogens with one attached hydrogen (secondary N) is 1. The summed E-state index contributed by atoms with van der Waals surface area (Å²) in [6.07, 6.45) is 4.28. The van der Waals surface area contributed by atoms with Crippen molar-refractivity contribution in [3.8, 4) is 0 Å². The number of sulfonamides is 1. The molecule has 0 radical (unpaired) electrons. The van der Waals surface area contributed by atoms with E-state index in [1.54, 1.807) is 18.2 Å². The second-order valence-corrected chi connectivity index (χ2v) is 11.6. The van der Waals surface area contributed by atoms with Crippen molar-refractivity contribution in [3.63, 3.8) is 0 Å². The summed E-state index contributed by atoms with van der Waals surface area (Å²) < 4.78 is 42.1. The molecule has 1 unspecified atom stereocenters. The normalized spacial score (nSPS) is 14.5. The van der Waals surface area contributed by atoms with Crippen molar-refractivity contribution in [2.75, 3.05) is 10.8 Å². The molecule has 39 heavy (non-hydrogen) atoms. The van der Waals surface area contributed by atoms with Crippen molar-refractivity contribution < 1.29 is 22.4 Å². The maximum atomic E-state index is 14.0. The first-order chi connectivity index (χ1) is 18.8. The molecular formula is C30H34FN3O4S. The molecule has 2 amide bonds. The van der Waals surface area contributed by atoms with Gasteiger partial charge in [-0.1, -0.05) is 68.3 Å². The van der Waals surface area contributed by atoms with Crippen LogP contribution in [0, 0.1) is 5.82 Å². The summed E-state index contributed by atoms with van der Waals surface area (Å²) in [5.41, 5.74) is 0.967. The van der Waals surface area contributed by atoms with E-state index < -0.39 is 34.3 Å². The molecule has 206 valence electrons. The van der Waals surface area contributed by atoms with E-state index in [-0.39, 0.29) is 29.1 Å². The van der Waals surface area contributed by atoms with E-state index in [0.717, 1.165) is 47.7 Å². The van der Waals surface area contributed by atoms with E-state index in [4.69, 9.17) is 0 Å². The molecule has 0 bridgehead atoms. The maximum Gasteiger partial charge on any atom is 0.264 e. The first-order valence-electron chi connectivity index (χ1n) is 13.3. The predicted molar refractivity (Wildman–Crippen MR) is 149 cm³/mol. The Labute approximate surface area is 229 Å². The van der Waals surface area contributed by atoms with Crippen LogP contribution >= 0.6 is 0 Å². The molecule has 1 N–H and O–H groups in total. The van der Waals surface area contributed by atoms with Crippen molar-refractivity contribution in [1.82, 2.24) is 10.2 Å². The summed E-state index contributed by atoms with van der Waals surface area (Å²) in [6.45, 7) is 1.42. The third kappa shape index (κ3) is 7.03. The fourth-order valence-corrected chi connectivity index (χ4v) is 6.36. The van der Waals surface area contributed by atoms with Crippen LogP contribution in [0.5, 0.6) is 0 Å². The molecule has 4 rings (SSSR count). The highest BCUT2D eigenvalue weighted by atomic mass is 32.2. The van der Waals surface area contributed by atoms with Crippen molar-refractivity contribution >= 4 is 27.5 Å². The van der Waals surface area contributed by atoms with E-state index in [2.05, 4.69) is 5.32 Å². The van der Waals surface area contributed by atoms with Crippen LogP contribution in [-0.2, 0) is 26.2 Å². The summed E-state index contributed by atoms with van der Waals surface area (Å²) >= 11 is 0. The van der Waals surface area contributed by atoms with E-state index in [0.29, 0.717) is 6.42 Å². The van der Waals surface area contributed by atoms with E-state index in [1.807, 2.05) is 37.3 Å². The van der Waals surface area contributed by atoms with Gasteiger partial charge in [0.2, 0.25) is 11.8 Å². The lowest BCUT2D eigenvalue weighted by Gasteiger charge is -2.33. The number of anilines is 1. The first kappa shape index (κ1) is 28.3. The van der Waals surface area contributed by atoms with Gasteiger partial charge in [-0.3, -0.25) is 13.9 Å². The average molecular weight is 552 g/mol. The Kier molecular flexibility index (Phi) is 9.35. The van der Waals surface area contributed by atoms with E-state index in [9.17, 15) is 22.4 Å². The molecule has 0 aromatic heterocycles. The summed E-state index contributed by atoms with van der Waals surface area (Å²) in [5, 5.41) is 3.09. The molecule has 0 spiro atoms. The molecule has 0 heterocycles. The Hall–Kier alpha value is -3.72. The molecule has 0 aliphatic heterocycles. The SMILES string of the molecule is CCC(C(=O)NC1CCCC1)N(Cc1ccccc1)C(=O)CN(c1ccc(F)cc1)S(=O)(=O)c1ccccc1. The minimum Gasteiger partial charge on any atom is -0.352 e. The zero-order valence-corrected chi connectivity index (χ0v) is 22.8. The van der Waals surface area contributed by atoms with Gasteiger partial charge in [0.1, 0.15) is 18.4 Å². The fraction of sp³-hybridized carbons (Fsp3) is 0.333. The van der Waals surface area contributed by atoms with Gasteiger partial charge in [-0.15, -0.1) is 0 Å². The van der Waals surface area contributed by atoms with Crippen LogP contribution in [-0.4, -0.2) is 43.8 Å². The molecule has 7 nitrogen and oxygen atoms in total. The third-order valence-corrected chi connectivity index (χ3v) is 8.80. The van der Waals surface area contributed by atoms with Gasteiger partial charge in [0.05, 0.1) is 10.6 Å². The van der Waals surface area contributed by atoms with E-state index in [1.165, 1.54) is 29.2 Å². The second kappa shape index (κ2) is 12.9. The number of carbonyl (C=O) groups is 2. The molecule has 1 aliphatic rings. The zero-order valence-electron chi connectivity index (χ0n) is 22.0. The zero-order chi connectivity index (χ0) is 27.8. The van der Waals surface area contributed by atoms with Crippen LogP contribution < -0.4 is 9.62 Å². The Morgan fingerprint density at radius 3 is 2.10 bits per heavy atom. The van der Waals surface area contributed by atoms with Crippen molar-refractivity contribution in [1.29, 1.82) is 0 Å². The molecule has 9 heteroatoms. The average Bonchev–Trinajstić information content (AvgIpc) is 3.46. The van der Waals surface area contributed by atoms with Gasteiger partial charge in [0, 0.05) is 12.6 Å². The highest BCUT2D eigenvalue weighted by Crippen LogP contribution is 2.25. The molecule has 1 saturated carbocycles. The number of hydrogen-bond donors (Lipinski definition) is 1. The topological polar surface area (TPSA) is 86.8 Å². The standard InChI is InChI=1S/C30H34FN3O4S/c1-2-28(30(36)32-25-13-9-10-14-25)33(21-23-11-5-3-6-12-23)29(35)22-34(26-19-17-24(31)18-20-26)39(37,38)27-15-7-4-8-16-27/h3-8,11-12,15-20,25,28H,2,9-10,13-14,21-22H2,1H3,(H,32,36). The summed E-state index contributed by atoms with van der Waals surface area (Å²) in [7, 11) is -4.18. The van der Waals surface area contributed by atoms with Crippen LogP contribution in [0.4, 0.5) is 10.1 Å². The number of rotatable bonds is 11. The Morgan fingerprint density at radius 2 is 1.51 bits per heavy atom. The number of nitrogens with zero attached hydrogens (tertiary/aromatic N) is 2. The smallest absolute Gasteiger partial charge is 0.264 e. The first-order valence-corrected chi connectivity index (χ1v) is 14.7. The minimum atomic E-state index is -4.18. The Balaban J connectivity index is 1.68. The number of hydrogen-bond acceptors (Lipinski definition) is 4. The minimum absolute atomic E-state index is 0.00255. The van der Waals surface area contributed by atoms with Crippen LogP contribution in [0.3, 0.4) is 0 Å². The Bertz CT molecular complexity index is 1350.